The lowest BCUT2D eigenvalue weighted by Gasteiger charge is -2.11. The van der Waals surface area contributed by atoms with Crippen molar-refractivity contribution in [1.29, 1.82) is 0 Å². The number of aromatic nitrogens is 8. The monoisotopic (exact) mass is 628 g/mol. The second-order valence-corrected chi connectivity index (χ2v) is 10.6. The predicted octanol–water partition coefficient (Wildman–Crippen LogP) is 3.71. The number of hydrogen-bond acceptors (Lipinski definition) is 12. The molecule has 1 fully saturated rings. The van der Waals surface area contributed by atoms with Crippen molar-refractivity contribution in [2.24, 2.45) is 14.1 Å². The molecule has 0 saturated carbocycles. The summed E-state index contributed by atoms with van der Waals surface area (Å²) in [5.74, 6) is 0.215. The van der Waals surface area contributed by atoms with Crippen molar-refractivity contribution in [2.75, 3.05) is 40.4 Å². The minimum absolute atomic E-state index is 0.306. The lowest BCUT2D eigenvalue weighted by Crippen LogP contribution is -2.12. The normalized spacial score (nSPS) is 12.8. The van der Waals surface area contributed by atoms with Gasteiger partial charge >= 0.3 is 11.9 Å². The molecule has 1 saturated heterocycles. The molecule has 0 spiro atoms. The van der Waals surface area contributed by atoms with Crippen molar-refractivity contribution in [3.05, 3.63) is 72.1 Å². The minimum atomic E-state index is -0.432. The largest absolute Gasteiger partial charge is 0.462 e. The van der Waals surface area contributed by atoms with Gasteiger partial charge in [0.2, 0.25) is 0 Å². The molecule has 242 valence electrons. The van der Waals surface area contributed by atoms with Crippen molar-refractivity contribution in [2.45, 2.75) is 26.7 Å². The van der Waals surface area contributed by atoms with Crippen LogP contribution in [-0.4, -0.2) is 102 Å². The van der Waals surface area contributed by atoms with Crippen LogP contribution in [0, 0.1) is 0 Å². The Morgan fingerprint density at radius 1 is 0.783 bits per heavy atom. The average Bonchev–Trinajstić information content (AvgIpc) is 3.82. The van der Waals surface area contributed by atoms with Crippen LogP contribution in [0.5, 0.6) is 0 Å². The second-order valence-electron chi connectivity index (χ2n) is 10.6. The van der Waals surface area contributed by atoms with E-state index in [4.69, 9.17) is 9.47 Å². The van der Waals surface area contributed by atoms with Crippen LogP contribution < -0.4 is 0 Å². The van der Waals surface area contributed by atoms with E-state index in [0.717, 1.165) is 24.2 Å². The van der Waals surface area contributed by atoms with Gasteiger partial charge in [0.15, 0.2) is 11.6 Å². The van der Waals surface area contributed by atoms with E-state index >= 15 is 0 Å². The maximum atomic E-state index is 12.1. The maximum absolute atomic E-state index is 12.1. The molecule has 0 bridgehead atoms. The number of aryl methyl sites for hydroxylation is 2. The Kier molecular flexibility index (Phi) is 11.7. The Hall–Kier alpha value is -5.40. The van der Waals surface area contributed by atoms with Gasteiger partial charge in [-0.25, -0.2) is 29.5 Å². The molecule has 46 heavy (non-hydrogen) atoms. The highest BCUT2D eigenvalue weighted by molar-refractivity contribution is 5.93. The Morgan fingerprint density at radius 3 is 1.67 bits per heavy atom. The molecule has 0 N–H and O–H groups in total. The highest BCUT2D eigenvalue weighted by Gasteiger charge is 2.17. The van der Waals surface area contributed by atoms with E-state index in [-0.39, 0.29) is 0 Å². The first kappa shape index (κ1) is 33.5. The number of ether oxygens (including phenoxy) is 2. The van der Waals surface area contributed by atoms with Gasteiger partial charge in [-0.2, -0.15) is 10.2 Å². The van der Waals surface area contributed by atoms with Gasteiger partial charge in [0.1, 0.15) is 11.1 Å². The maximum Gasteiger partial charge on any atom is 0.341 e. The van der Waals surface area contributed by atoms with Crippen LogP contribution in [-0.2, 0) is 23.6 Å². The van der Waals surface area contributed by atoms with Crippen LogP contribution in [0.4, 0.5) is 0 Å². The molecule has 1 aliphatic rings. The van der Waals surface area contributed by atoms with Gasteiger partial charge < -0.3 is 19.3 Å². The lowest BCUT2D eigenvalue weighted by molar-refractivity contribution is 0.0515. The van der Waals surface area contributed by atoms with Crippen LogP contribution in [0.1, 0.15) is 58.8 Å². The van der Waals surface area contributed by atoms with E-state index < -0.39 is 11.9 Å². The van der Waals surface area contributed by atoms with Crippen molar-refractivity contribution < 1.29 is 19.1 Å². The van der Waals surface area contributed by atoms with Crippen LogP contribution >= 0.6 is 0 Å². The first-order valence-electron chi connectivity index (χ1n) is 15.0. The summed E-state index contributed by atoms with van der Waals surface area (Å²) < 4.78 is 13.5. The predicted molar refractivity (Wildman–Crippen MR) is 173 cm³/mol. The molecule has 5 heterocycles. The highest BCUT2D eigenvalue weighted by atomic mass is 16.5. The van der Waals surface area contributed by atoms with Crippen molar-refractivity contribution >= 4 is 24.1 Å². The fraction of sp³-hybridized carbons (Fsp3) is 0.375. The van der Waals surface area contributed by atoms with Crippen molar-refractivity contribution in [3.8, 4) is 22.8 Å². The van der Waals surface area contributed by atoms with Gasteiger partial charge in [0.05, 0.1) is 48.1 Å². The summed E-state index contributed by atoms with van der Waals surface area (Å²) in [6.07, 6.45) is 19.9. The zero-order valence-corrected chi connectivity index (χ0v) is 27.1. The molecular weight excluding hydrogens is 588 g/mol. The summed E-state index contributed by atoms with van der Waals surface area (Å²) in [7, 11) is 7.45. The fourth-order valence-electron chi connectivity index (χ4n) is 4.41. The first-order valence-corrected chi connectivity index (χ1v) is 15.0. The third-order valence-corrected chi connectivity index (χ3v) is 6.67. The summed E-state index contributed by atoms with van der Waals surface area (Å²) in [6.45, 7) is 6.23. The molecule has 0 radical (unpaired) electrons. The van der Waals surface area contributed by atoms with Crippen LogP contribution in [0.3, 0.4) is 0 Å². The molecule has 1 aliphatic heterocycles. The van der Waals surface area contributed by atoms with Crippen molar-refractivity contribution in [3.63, 3.8) is 0 Å². The molecule has 0 amide bonds. The first-order chi connectivity index (χ1) is 22.2. The van der Waals surface area contributed by atoms with Gasteiger partial charge in [-0.05, 0) is 38.8 Å². The van der Waals surface area contributed by atoms with E-state index in [9.17, 15) is 9.59 Å². The lowest BCUT2D eigenvalue weighted by atomic mass is 10.2. The molecule has 14 nitrogen and oxygen atoms in total. The molecule has 4 aromatic heterocycles. The third-order valence-electron chi connectivity index (χ3n) is 6.67. The number of nitrogens with zero attached hydrogens (tertiary/aromatic N) is 10. The Morgan fingerprint density at radius 2 is 1.26 bits per heavy atom. The van der Waals surface area contributed by atoms with E-state index in [1.54, 1.807) is 41.7 Å². The topological polar surface area (TPSA) is 146 Å². The van der Waals surface area contributed by atoms with Gasteiger partial charge in [-0.15, -0.1) is 0 Å². The van der Waals surface area contributed by atoms with Gasteiger partial charge in [0, 0.05) is 78.5 Å². The van der Waals surface area contributed by atoms with Crippen LogP contribution in [0.25, 0.3) is 34.9 Å². The molecular formula is C32H40N10O4. The number of esters is 2. The van der Waals surface area contributed by atoms with Crippen LogP contribution in [0.2, 0.25) is 0 Å². The van der Waals surface area contributed by atoms with Gasteiger partial charge in [0.25, 0.3) is 0 Å². The Balaban J connectivity index is 0.000000210. The highest BCUT2D eigenvalue weighted by Crippen LogP contribution is 2.19. The fourth-order valence-corrected chi connectivity index (χ4v) is 4.41. The van der Waals surface area contributed by atoms with Gasteiger partial charge in [-0.1, -0.05) is 0 Å². The summed E-state index contributed by atoms with van der Waals surface area (Å²) in [5, 5.41) is 8.24. The SMILES string of the molecule is CCOC(=O)c1cnc(-c2cnn(C)c2)nc1/C=C/N(C)C.CCOC(=O)c1cnc(-c2cnn(C)c2)nc1/C=C/N1CCCC1. The minimum Gasteiger partial charge on any atom is -0.462 e. The zero-order chi connectivity index (χ0) is 33.1. The Labute approximate surface area is 268 Å². The summed E-state index contributed by atoms with van der Waals surface area (Å²) in [5.41, 5.74) is 3.39. The van der Waals surface area contributed by atoms with E-state index in [1.807, 2.05) is 64.0 Å². The second kappa shape index (κ2) is 16.1. The number of carbonyl (C=O) groups excluding carboxylic acids is 2. The van der Waals surface area contributed by atoms with E-state index in [2.05, 4.69) is 35.0 Å². The van der Waals surface area contributed by atoms with Crippen LogP contribution in [0.15, 0.2) is 49.6 Å². The average molecular weight is 629 g/mol. The standard InChI is InChI=1S/C17H21N5O2.C15H19N5O2/c1-3-24-17(23)14-11-18-16(13-10-19-21(2)12-13)20-15(14)6-9-22-7-4-5-8-22;1-5-22-15(21)12-9-16-14(11-8-17-20(4)10-11)18-13(12)6-7-19(2)3/h6,9-12H,3-5,7-8H2,1-2H3;6-10H,5H2,1-4H3/b9-6+;7-6+. The third kappa shape index (κ3) is 9.06. The summed E-state index contributed by atoms with van der Waals surface area (Å²) in [4.78, 5) is 45.8. The summed E-state index contributed by atoms with van der Waals surface area (Å²) >= 11 is 0. The number of likely N-dealkylation sites (tertiary alicyclic amines) is 1. The number of carbonyl (C=O) groups is 2. The molecule has 14 heteroatoms. The zero-order valence-electron chi connectivity index (χ0n) is 27.1. The van der Waals surface area contributed by atoms with Crippen molar-refractivity contribution in [1.82, 2.24) is 49.3 Å². The summed E-state index contributed by atoms with van der Waals surface area (Å²) in [6, 6.07) is 0. The molecule has 0 aromatic carbocycles. The number of hydrogen-bond donors (Lipinski definition) is 0. The molecule has 0 aliphatic carbocycles. The smallest absolute Gasteiger partial charge is 0.341 e. The molecule has 5 rings (SSSR count). The van der Waals surface area contributed by atoms with E-state index in [0.29, 0.717) is 47.4 Å². The molecule has 0 unspecified atom stereocenters. The van der Waals surface area contributed by atoms with E-state index in [1.165, 1.54) is 25.2 Å². The quantitative estimate of drug-likeness (QED) is 0.236. The van der Waals surface area contributed by atoms with Gasteiger partial charge in [-0.3, -0.25) is 9.36 Å². The Bertz CT molecular complexity index is 1690. The molecule has 0 atom stereocenters. The number of rotatable bonds is 10. The molecule has 4 aromatic rings.